The number of amides is 2. The smallest absolute Gasteiger partial charge is 0.481 e. The maximum absolute atomic E-state index is 14.9. The molecular weight excluding hydrogens is 707 g/mol. The van der Waals surface area contributed by atoms with E-state index in [9.17, 15) is 51.3 Å². The Hall–Kier alpha value is -6.02. The van der Waals surface area contributed by atoms with Gasteiger partial charge in [-0.15, -0.1) is 0 Å². The molecule has 0 fully saturated rings. The summed E-state index contributed by atoms with van der Waals surface area (Å²) in [6.07, 6.45) is -5.72. The molecule has 0 unspecified atom stereocenters. The van der Waals surface area contributed by atoms with Crippen molar-refractivity contribution in [2.45, 2.75) is 38.4 Å². The zero-order valence-corrected chi connectivity index (χ0v) is 27.0. The third-order valence-corrected chi connectivity index (χ3v) is 6.94. The van der Waals surface area contributed by atoms with E-state index in [-0.39, 0.29) is 48.5 Å². The number of hydrogen-bond donors (Lipinski definition) is 7. The summed E-state index contributed by atoms with van der Waals surface area (Å²) < 4.78 is 62.3. The van der Waals surface area contributed by atoms with Crippen molar-refractivity contribution in [2.24, 2.45) is 0 Å². The summed E-state index contributed by atoms with van der Waals surface area (Å²) in [6, 6.07) is 9.68. The summed E-state index contributed by atoms with van der Waals surface area (Å²) in [4.78, 5) is 65.8. The van der Waals surface area contributed by atoms with Gasteiger partial charge in [-0.2, -0.15) is 18.2 Å². The van der Waals surface area contributed by atoms with Crippen molar-refractivity contribution in [2.75, 3.05) is 30.4 Å². The van der Waals surface area contributed by atoms with Gasteiger partial charge in [-0.1, -0.05) is 12.1 Å². The standard InChI is InChI=1S/C30H30F2N6O7.C2HF3O2/c1-16-5-6-17(34-24(42)11-12-33-23(41)8-10-26(44)45)13-20(16)27-19-7-9-25(43)38(28-21(31)3-2-4-22(28)32)29(19)37-30(36-27)35-18(14-39)15-40;3-2(4,5)1(6)7/h2-7,9,13,18,39-40H,8,10-12,14-15H2,1H3,(H,33,41)(H,34,42)(H,44,45)(H,35,36,37);(H,6,7). The van der Waals surface area contributed by atoms with Gasteiger partial charge in [0.15, 0.2) is 5.65 Å². The van der Waals surface area contributed by atoms with Crippen molar-refractivity contribution >= 4 is 46.4 Å². The Balaban J connectivity index is 0.000000944. The molecule has 0 saturated heterocycles. The van der Waals surface area contributed by atoms with Crippen molar-refractivity contribution in [1.82, 2.24) is 19.9 Å². The van der Waals surface area contributed by atoms with Crippen molar-refractivity contribution in [1.29, 1.82) is 0 Å². The van der Waals surface area contributed by atoms with Crippen molar-refractivity contribution < 1.29 is 61.6 Å². The number of fused-ring (bicyclic) bond motifs is 1. The van der Waals surface area contributed by atoms with E-state index in [1.54, 1.807) is 25.1 Å². The zero-order valence-electron chi connectivity index (χ0n) is 27.0. The fourth-order valence-corrected chi connectivity index (χ4v) is 4.44. The fourth-order valence-electron chi connectivity index (χ4n) is 4.44. The number of aryl methyl sites for hydroxylation is 1. The number of carboxylic acid groups (broad SMARTS) is 2. The molecule has 0 bridgehead atoms. The second-order valence-electron chi connectivity index (χ2n) is 10.8. The first-order chi connectivity index (χ1) is 24.5. The number of aliphatic hydroxyl groups is 2. The van der Waals surface area contributed by atoms with Crippen LogP contribution < -0.4 is 21.5 Å². The Kier molecular flexibility index (Phi) is 13.8. The molecule has 0 aliphatic carbocycles. The van der Waals surface area contributed by atoms with E-state index in [0.717, 1.165) is 28.8 Å². The number of nitrogens with zero attached hydrogens (tertiary/aromatic N) is 3. The normalized spacial score (nSPS) is 11.1. The fraction of sp³-hybridized carbons (Fsp3) is 0.281. The van der Waals surface area contributed by atoms with Gasteiger partial charge in [-0.25, -0.2) is 18.6 Å². The first-order valence-electron chi connectivity index (χ1n) is 15.0. The number of benzene rings is 2. The number of aliphatic hydroxyl groups excluding tert-OH is 2. The Morgan fingerprint density at radius 1 is 0.885 bits per heavy atom. The minimum absolute atomic E-state index is 0.0183. The van der Waals surface area contributed by atoms with Crippen LogP contribution in [0, 0.1) is 18.6 Å². The molecular formula is C32H31F5N6O9. The van der Waals surface area contributed by atoms with Crippen LogP contribution in [-0.2, 0) is 19.2 Å². The number of carboxylic acids is 2. The molecule has 52 heavy (non-hydrogen) atoms. The van der Waals surface area contributed by atoms with E-state index in [1.807, 2.05) is 0 Å². The van der Waals surface area contributed by atoms with E-state index in [2.05, 4.69) is 25.9 Å². The number of pyridine rings is 1. The summed E-state index contributed by atoms with van der Waals surface area (Å²) in [5.74, 6) is -7.00. The minimum atomic E-state index is -5.08. The number of alkyl halides is 3. The monoisotopic (exact) mass is 738 g/mol. The summed E-state index contributed by atoms with van der Waals surface area (Å²) in [5.41, 5.74) is 0.0709. The number of aliphatic carboxylic acids is 2. The first kappa shape index (κ1) is 40.4. The molecule has 20 heteroatoms. The Morgan fingerprint density at radius 3 is 2.10 bits per heavy atom. The van der Waals surface area contributed by atoms with Crippen LogP contribution in [0.2, 0.25) is 0 Å². The highest BCUT2D eigenvalue weighted by Gasteiger charge is 2.38. The molecule has 2 aromatic carbocycles. The van der Waals surface area contributed by atoms with Gasteiger partial charge in [0.1, 0.15) is 17.3 Å². The van der Waals surface area contributed by atoms with Crippen molar-refractivity contribution in [3.63, 3.8) is 0 Å². The molecule has 0 spiro atoms. The molecule has 0 atom stereocenters. The second-order valence-corrected chi connectivity index (χ2v) is 10.8. The lowest BCUT2D eigenvalue weighted by Crippen LogP contribution is -2.29. The highest BCUT2D eigenvalue weighted by Crippen LogP contribution is 2.33. The number of hydrogen-bond acceptors (Lipinski definition) is 10. The lowest BCUT2D eigenvalue weighted by molar-refractivity contribution is -0.192. The minimum Gasteiger partial charge on any atom is -0.481 e. The average Bonchev–Trinajstić information content (AvgIpc) is 3.07. The van der Waals surface area contributed by atoms with Gasteiger partial charge >= 0.3 is 18.1 Å². The van der Waals surface area contributed by atoms with Crippen LogP contribution in [-0.4, -0.2) is 90.7 Å². The van der Waals surface area contributed by atoms with Gasteiger partial charge in [-0.3, -0.25) is 23.7 Å². The molecule has 2 aromatic heterocycles. The maximum Gasteiger partial charge on any atom is 0.490 e. The van der Waals surface area contributed by atoms with Crippen LogP contribution in [0.5, 0.6) is 0 Å². The van der Waals surface area contributed by atoms with E-state index < -0.39 is 72.1 Å². The largest absolute Gasteiger partial charge is 0.490 e. The summed E-state index contributed by atoms with van der Waals surface area (Å²) in [5, 5.41) is 43.2. The van der Waals surface area contributed by atoms with E-state index in [1.165, 1.54) is 6.07 Å². The molecule has 4 rings (SSSR count). The molecule has 2 heterocycles. The summed E-state index contributed by atoms with van der Waals surface area (Å²) in [7, 11) is 0. The van der Waals surface area contributed by atoms with Crippen LogP contribution in [0.15, 0.2) is 53.3 Å². The van der Waals surface area contributed by atoms with Crippen molar-refractivity contribution in [3.05, 3.63) is 76.1 Å². The first-order valence-corrected chi connectivity index (χ1v) is 15.0. The number of aromatic nitrogens is 3. The summed E-state index contributed by atoms with van der Waals surface area (Å²) >= 11 is 0. The highest BCUT2D eigenvalue weighted by molar-refractivity contribution is 5.96. The predicted octanol–water partition coefficient (Wildman–Crippen LogP) is 2.74. The molecule has 0 radical (unpaired) electrons. The van der Waals surface area contributed by atoms with Gasteiger partial charge in [0.25, 0.3) is 5.56 Å². The number of anilines is 2. The van der Waals surface area contributed by atoms with Gasteiger partial charge in [0.2, 0.25) is 17.8 Å². The SMILES string of the molecule is Cc1ccc(NC(=O)CCNC(=O)CCC(=O)O)cc1-c1nc(NC(CO)CO)nc2c1ccc(=O)n2-c1c(F)cccc1F.O=C(O)C(F)(F)F. The zero-order chi connectivity index (χ0) is 38.7. The Labute approximate surface area is 289 Å². The lowest BCUT2D eigenvalue weighted by Gasteiger charge is -2.18. The molecule has 4 aromatic rings. The third kappa shape index (κ3) is 10.7. The molecule has 0 aliphatic heterocycles. The molecule has 278 valence electrons. The van der Waals surface area contributed by atoms with E-state index in [0.29, 0.717) is 16.8 Å². The van der Waals surface area contributed by atoms with Crippen LogP contribution in [0.25, 0.3) is 28.0 Å². The third-order valence-electron chi connectivity index (χ3n) is 6.94. The molecule has 0 saturated carbocycles. The number of para-hydroxylation sites is 1. The molecule has 7 N–H and O–H groups in total. The average molecular weight is 739 g/mol. The molecule has 0 aliphatic rings. The van der Waals surface area contributed by atoms with Crippen LogP contribution in [0.1, 0.15) is 24.8 Å². The molecule has 15 nitrogen and oxygen atoms in total. The van der Waals surface area contributed by atoms with E-state index >= 15 is 0 Å². The lowest BCUT2D eigenvalue weighted by atomic mass is 10.0. The second kappa shape index (κ2) is 17.8. The number of halogens is 5. The number of carbonyl (C=O) groups excluding carboxylic acids is 2. The van der Waals surface area contributed by atoms with Crippen LogP contribution in [0.4, 0.5) is 33.6 Å². The predicted molar refractivity (Wildman–Crippen MR) is 174 cm³/mol. The topological polar surface area (TPSA) is 233 Å². The van der Waals surface area contributed by atoms with Crippen LogP contribution >= 0.6 is 0 Å². The van der Waals surface area contributed by atoms with Gasteiger partial charge in [0, 0.05) is 42.1 Å². The van der Waals surface area contributed by atoms with Gasteiger partial charge in [0.05, 0.1) is 31.4 Å². The van der Waals surface area contributed by atoms with Gasteiger partial charge < -0.3 is 36.4 Å². The maximum atomic E-state index is 14.9. The summed E-state index contributed by atoms with van der Waals surface area (Å²) in [6.45, 7) is 0.732. The highest BCUT2D eigenvalue weighted by atomic mass is 19.4. The Bertz CT molecular complexity index is 2000. The number of nitrogens with one attached hydrogen (secondary N) is 3. The number of carbonyl (C=O) groups is 4. The van der Waals surface area contributed by atoms with E-state index in [4.69, 9.17) is 15.0 Å². The quantitative estimate of drug-likeness (QED) is 0.0982. The van der Waals surface area contributed by atoms with Crippen LogP contribution in [0.3, 0.4) is 0 Å². The molecule has 2 amide bonds. The number of rotatable bonds is 13. The Morgan fingerprint density at radius 2 is 1.52 bits per heavy atom. The van der Waals surface area contributed by atoms with Crippen molar-refractivity contribution in [3.8, 4) is 16.9 Å². The van der Waals surface area contributed by atoms with Gasteiger partial charge in [-0.05, 0) is 42.8 Å².